The molecule has 45 heavy (non-hydrogen) atoms. The lowest BCUT2D eigenvalue weighted by atomic mass is 9.82. The van der Waals surface area contributed by atoms with Gasteiger partial charge in [0, 0.05) is 35.1 Å². The summed E-state index contributed by atoms with van der Waals surface area (Å²) in [6.07, 6.45) is -3.16. The summed E-state index contributed by atoms with van der Waals surface area (Å²) in [5.74, 6) is -8.65. The Morgan fingerprint density at radius 2 is 1.29 bits per heavy atom. The summed E-state index contributed by atoms with van der Waals surface area (Å²) >= 11 is 0. The summed E-state index contributed by atoms with van der Waals surface area (Å²) in [7, 11) is 0. The van der Waals surface area contributed by atoms with Crippen molar-refractivity contribution in [3.05, 3.63) is 76.3 Å². The highest BCUT2D eigenvalue weighted by Gasteiger charge is 2.42. The number of aromatic hydroxyl groups is 9. The van der Waals surface area contributed by atoms with Crippen LogP contribution in [0.3, 0.4) is 0 Å². The Hall–Kier alpha value is -6.18. The molecule has 9 N–H and O–H groups in total. The lowest BCUT2D eigenvalue weighted by Crippen LogP contribution is -2.36. The van der Waals surface area contributed by atoms with Gasteiger partial charge >= 0.3 is 11.9 Å². The number of carbonyl (C=O) groups excluding carboxylic acids is 2. The number of phenolic OH excluding ortho intramolecular Hbond substituents is 9. The van der Waals surface area contributed by atoms with Gasteiger partial charge in [-0.15, -0.1) is 0 Å². The second-order valence-electron chi connectivity index (χ2n) is 10.6. The molecular weight excluding hydrogens is 596 g/mol. The Morgan fingerprint density at radius 1 is 0.689 bits per heavy atom. The zero-order chi connectivity index (χ0) is 32.3. The van der Waals surface area contributed by atoms with Crippen molar-refractivity contribution in [1.82, 2.24) is 0 Å². The first-order valence-corrected chi connectivity index (χ1v) is 13.3. The second-order valence-corrected chi connectivity index (χ2v) is 10.6. The van der Waals surface area contributed by atoms with E-state index in [0.717, 1.165) is 24.3 Å². The first kappa shape index (κ1) is 28.9. The van der Waals surface area contributed by atoms with Crippen LogP contribution < -0.4 is 9.47 Å². The van der Waals surface area contributed by atoms with Crippen LogP contribution in [0.2, 0.25) is 0 Å². The summed E-state index contributed by atoms with van der Waals surface area (Å²) in [6.45, 7) is 0. The first-order chi connectivity index (χ1) is 21.3. The topological polar surface area (TPSA) is 244 Å². The largest absolute Gasteiger partial charge is 0.507 e. The van der Waals surface area contributed by atoms with E-state index in [1.165, 1.54) is 24.3 Å². The molecule has 14 nitrogen and oxygen atoms in total. The molecule has 0 aliphatic carbocycles. The molecule has 0 fully saturated rings. The lowest BCUT2D eigenvalue weighted by Gasteiger charge is -2.37. The normalized spacial score (nSPS) is 18.7. The highest BCUT2D eigenvalue weighted by Crippen LogP contribution is 2.54. The molecule has 0 amide bonds. The van der Waals surface area contributed by atoms with E-state index >= 15 is 0 Å². The van der Waals surface area contributed by atoms with Crippen LogP contribution in [0, 0.1) is 0 Å². The van der Waals surface area contributed by atoms with E-state index in [2.05, 4.69) is 0 Å². The third-order valence-electron chi connectivity index (χ3n) is 7.68. The molecule has 0 bridgehead atoms. The average Bonchev–Trinajstić information content (AvgIpc) is 2.99. The lowest BCUT2D eigenvalue weighted by molar-refractivity contribution is -0.135. The monoisotopic (exact) mass is 620 g/mol. The number of hydrogen-bond acceptors (Lipinski definition) is 14. The Morgan fingerprint density at radius 3 is 1.91 bits per heavy atom. The number of rotatable bonds is 4. The molecule has 0 spiro atoms. The fraction of sp³-hybridized carbons (Fsp3) is 0.161. The zero-order valence-corrected chi connectivity index (χ0v) is 22.8. The highest BCUT2D eigenvalue weighted by atomic mass is 16.6. The summed E-state index contributed by atoms with van der Waals surface area (Å²) in [4.78, 5) is 25.7. The predicted octanol–water partition coefficient (Wildman–Crippen LogP) is 3.38. The van der Waals surface area contributed by atoms with Gasteiger partial charge in [0.1, 0.15) is 23.4 Å². The first-order valence-electron chi connectivity index (χ1n) is 13.3. The molecule has 0 unspecified atom stereocenters. The van der Waals surface area contributed by atoms with Crippen molar-refractivity contribution in [2.24, 2.45) is 0 Å². The Kier molecular flexibility index (Phi) is 6.76. The summed E-state index contributed by atoms with van der Waals surface area (Å²) in [6, 6.07) is 8.94. The van der Waals surface area contributed by atoms with Gasteiger partial charge in [0.2, 0.25) is 0 Å². The van der Waals surface area contributed by atoms with Crippen LogP contribution in [0.25, 0.3) is 0 Å². The van der Waals surface area contributed by atoms with Crippen LogP contribution in [-0.2, 0) is 16.0 Å². The molecule has 0 saturated carbocycles. The Labute approximate surface area is 252 Å². The molecule has 2 aliphatic heterocycles. The van der Waals surface area contributed by atoms with Gasteiger partial charge in [-0.25, -0.2) is 4.79 Å². The smallest absolute Gasteiger partial charge is 0.338 e. The van der Waals surface area contributed by atoms with Crippen LogP contribution in [0.5, 0.6) is 63.2 Å². The molecule has 4 aromatic carbocycles. The minimum absolute atomic E-state index is 0.000610. The van der Waals surface area contributed by atoms with E-state index in [-0.39, 0.29) is 46.6 Å². The number of benzene rings is 4. The molecule has 2 heterocycles. The molecule has 4 aromatic rings. The molecule has 2 aliphatic rings. The number of hydrogen-bond donors (Lipinski definition) is 9. The predicted molar refractivity (Wildman–Crippen MR) is 149 cm³/mol. The van der Waals surface area contributed by atoms with Crippen molar-refractivity contribution < 1.29 is 69.8 Å². The van der Waals surface area contributed by atoms with Gasteiger partial charge in [0.25, 0.3) is 0 Å². The van der Waals surface area contributed by atoms with Gasteiger partial charge in [0.05, 0.1) is 12.0 Å². The van der Waals surface area contributed by atoms with Crippen LogP contribution in [0.4, 0.5) is 0 Å². The van der Waals surface area contributed by atoms with E-state index in [1.807, 2.05) is 0 Å². The number of fused-ring (bicyclic) bond motifs is 3. The fourth-order valence-electron chi connectivity index (χ4n) is 5.52. The van der Waals surface area contributed by atoms with Gasteiger partial charge < -0.3 is 60.2 Å². The van der Waals surface area contributed by atoms with Crippen LogP contribution in [0.15, 0.2) is 48.5 Å². The maximum atomic E-state index is 13.2. The third kappa shape index (κ3) is 4.97. The standard InChI is InChI=1S/C31H24O14/c32-16-2-1-11(3-18(16)34)14-9-25(39)43-23-10-17(33)15-8-24(44-31(42)13-6-21(37)28(41)22(38)7-13)29(45-30(15)26(14)23)12-4-19(35)27(40)20(36)5-12/h1-7,10,14,24,29,32-38,40-41H,8-9H2/t14-,24+,29+/m0/s1. The van der Waals surface area contributed by atoms with E-state index in [4.69, 9.17) is 14.2 Å². The highest BCUT2D eigenvalue weighted by molar-refractivity contribution is 5.91. The molecule has 14 heteroatoms. The van der Waals surface area contributed by atoms with E-state index < -0.39 is 81.8 Å². The summed E-state index contributed by atoms with van der Waals surface area (Å²) < 4.78 is 17.4. The molecule has 3 atom stereocenters. The molecule has 232 valence electrons. The van der Waals surface area contributed by atoms with Crippen molar-refractivity contribution in [3.63, 3.8) is 0 Å². The van der Waals surface area contributed by atoms with Crippen molar-refractivity contribution in [2.45, 2.75) is 31.0 Å². The van der Waals surface area contributed by atoms with Crippen molar-refractivity contribution in [3.8, 4) is 63.2 Å². The number of ether oxygens (including phenoxy) is 3. The average molecular weight is 621 g/mol. The van der Waals surface area contributed by atoms with E-state index in [0.29, 0.717) is 5.56 Å². The molecule has 0 aromatic heterocycles. The Balaban J connectivity index is 1.49. The molecule has 0 radical (unpaired) electrons. The molecular formula is C31H24O14. The molecule has 6 rings (SSSR count). The second kappa shape index (κ2) is 10.5. The van der Waals surface area contributed by atoms with Crippen molar-refractivity contribution >= 4 is 11.9 Å². The Bertz CT molecular complexity index is 1850. The van der Waals surface area contributed by atoms with Gasteiger partial charge in [-0.3, -0.25) is 4.79 Å². The van der Waals surface area contributed by atoms with Gasteiger partial charge in [-0.05, 0) is 42.0 Å². The van der Waals surface area contributed by atoms with Gasteiger partial charge in [-0.1, -0.05) is 6.07 Å². The number of phenols is 9. The minimum atomic E-state index is -1.35. The van der Waals surface area contributed by atoms with Gasteiger partial charge in [0.15, 0.2) is 52.1 Å². The maximum absolute atomic E-state index is 13.2. The third-order valence-corrected chi connectivity index (χ3v) is 7.68. The summed E-state index contributed by atoms with van der Waals surface area (Å²) in [5.41, 5.74) is 0.404. The van der Waals surface area contributed by atoms with E-state index in [1.54, 1.807) is 0 Å². The SMILES string of the molecule is O=C1C[C@@H](c2ccc(O)c(O)c2)c2c(cc(O)c3c2O[C@H](c2cc(O)c(O)c(O)c2)[C@H](OC(=O)c2cc(O)c(O)c(O)c2)C3)O1. The fourth-order valence-corrected chi connectivity index (χ4v) is 5.52. The maximum Gasteiger partial charge on any atom is 0.338 e. The zero-order valence-electron chi connectivity index (χ0n) is 22.8. The summed E-state index contributed by atoms with van der Waals surface area (Å²) in [5, 5.41) is 90.8. The van der Waals surface area contributed by atoms with Crippen molar-refractivity contribution in [2.75, 3.05) is 0 Å². The van der Waals surface area contributed by atoms with Crippen molar-refractivity contribution in [1.29, 1.82) is 0 Å². The van der Waals surface area contributed by atoms with Crippen LogP contribution in [-0.4, -0.2) is 64.0 Å². The minimum Gasteiger partial charge on any atom is -0.507 e. The van der Waals surface area contributed by atoms with E-state index in [9.17, 15) is 55.5 Å². The quantitative estimate of drug-likeness (QED) is 0.0902. The number of carbonyl (C=O) groups is 2. The van der Waals surface area contributed by atoms with Gasteiger partial charge in [-0.2, -0.15) is 0 Å². The van der Waals surface area contributed by atoms with Crippen LogP contribution >= 0.6 is 0 Å². The molecule has 0 saturated heterocycles. The number of esters is 2. The van der Waals surface area contributed by atoms with Crippen LogP contribution in [0.1, 0.15) is 51.1 Å².